The second kappa shape index (κ2) is 6.63. The Kier molecular flexibility index (Phi) is 4.35. The molecular formula is C18H19N3OS2. The molecule has 0 amide bonds. The van der Waals surface area contributed by atoms with Crippen LogP contribution in [0.5, 0.6) is 0 Å². The number of benzene rings is 1. The highest BCUT2D eigenvalue weighted by atomic mass is 32.1. The molecule has 3 aromatic rings. The molecule has 0 saturated carbocycles. The third kappa shape index (κ3) is 3.09. The summed E-state index contributed by atoms with van der Waals surface area (Å²) in [5.74, 6) is 1.29. The normalized spacial score (nSPS) is 16.0. The predicted molar refractivity (Wildman–Crippen MR) is 101 cm³/mol. The van der Waals surface area contributed by atoms with Gasteiger partial charge in [0, 0.05) is 38.1 Å². The van der Waals surface area contributed by atoms with Crippen molar-refractivity contribution in [1.82, 2.24) is 9.27 Å². The molecule has 24 heavy (non-hydrogen) atoms. The topological polar surface area (TPSA) is 36.4 Å². The number of carbonyl (C=O) groups excluding carboxylic acids is 1. The minimum absolute atomic E-state index is 0.159. The summed E-state index contributed by atoms with van der Waals surface area (Å²) < 4.78 is 5.92. The molecule has 1 aromatic carbocycles. The van der Waals surface area contributed by atoms with E-state index in [1.807, 2.05) is 6.07 Å². The van der Waals surface area contributed by atoms with E-state index >= 15 is 0 Å². The second-order valence-electron chi connectivity index (χ2n) is 6.14. The van der Waals surface area contributed by atoms with Crippen molar-refractivity contribution in [2.75, 3.05) is 31.1 Å². The van der Waals surface area contributed by atoms with Gasteiger partial charge in [0.1, 0.15) is 5.82 Å². The first-order valence-corrected chi connectivity index (χ1v) is 9.76. The van der Waals surface area contributed by atoms with Crippen molar-refractivity contribution in [3.05, 3.63) is 46.2 Å². The Bertz CT molecular complexity index is 862. The van der Waals surface area contributed by atoms with E-state index in [9.17, 15) is 4.79 Å². The number of hydrogen-bond donors (Lipinski definition) is 0. The molecule has 124 valence electrons. The Morgan fingerprint density at radius 2 is 2.00 bits per heavy atom. The molecule has 4 rings (SSSR count). The summed E-state index contributed by atoms with van der Waals surface area (Å²) in [4.78, 5) is 17.1. The van der Waals surface area contributed by atoms with Crippen LogP contribution in [0.3, 0.4) is 0 Å². The SMILES string of the molecule is CC(=O)c1cc(CN2CCN(c3nsc4ccccc34)CC2)cs1. The maximum atomic E-state index is 11.4. The molecule has 1 aliphatic rings. The van der Waals surface area contributed by atoms with Crippen molar-refractivity contribution < 1.29 is 4.79 Å². The van der Waals surface area contributed by atoms with E-state index in [-0.39, 0.29) is 5.78 Å². The van der Waals surface area contributed by atoms with Crippen molar-refractivity contribution in [1.29, 1.82) is 0 Å². The van der Waals surface area contributed by atoms with Gasteiger partial charge in [-0.3, -0.25) is 9.69 Å². The van der Waals surface area contributed by atoms with Gasteiger partial charge in [-0.1, -0.05) is 12.1 Å². The first-order valence-electron chi connectivity index (χ1n) is 8.11. The Hall–Kier alpha value is -1.76. The van der Waals surface area contributed by atoms with Crippen LogP contribution >= 0.6 is 22.9 Å². The number of anilines is 1. The maximum absolute atomic E-state index is 11.4. The van der Waals surface area contributed by atoms with Gasteiger partial charge in [-0.05, 0) is 47.6 Å². The van der Waals surface area contributed by atoms with Crippen LogP contribution in [0.4, 0.5) is 5.82 Å². The number of ketones is 1. The predicted octanol–water partition coefficient (Wildman–Crippen LogP) is 3.88. The fourth-order valence-corrected chi connectivity index (χ4v) is 4.72. The lowest BCUT2D eigenvalue weighted by molar-refractivity contribution is 0.102. The Morgan fingerprint density at radius 3 is 2.75 bits per heavy atom. The number of carbonyl (C=O) groups is 1. The van der Waals surface area contributed by atoms with Gasteiger partial charge in [0.05, 0.1) is 9.58 Å². The van der Waals surface area contributed by atoms with E-state index in [4.69, 9.17) is 0 Å². The summed E-state index contributed by atoms with van der Waals surface area (Å²) in [5.41, 5.74) is 1.25. The number of piperazine rings is 1. The van der Waals surface area contributed by atoms with Crippen LogP contribution in [0, 0.1) is 0 Å². The number of Topliss-reactive ketones (excluding diaryl/α,β-unsaturated/α-hetero) is 1. The average molecular weight is 358 g/mol. The molecule has 6 heteroatoms. The Morgan fingerprint density at radius 1 is 1.21 bits per heavy atom. The van der Waals surface area contributed by atoms with Gasteiger partial charge in [-0.15, -0.1) is 11.3 Å². The zero-order valence-corrected chi connectivity index (χ0v) is 15.2. The number of aromatic nitrogens is 1. The van der Waals surface area contributed by atoms with Gasteiger partial charge in [-0.25, -0.2) is 0 Å². The molecule has 4 nitrogen and oxygen atoms in total. The molecule has 0 unspecified atom stereocenters. The van der Waals surface area contributed by atoms with E-state index in [0.29, 0.717) is 0 Å². The quantitative estimate of drug-likeness (QED) is 0.664. The number of rotatable bonds is 4. The highest BCUT2D eigenvalue weighted by Crippen LogP contribution is 2.30. The Labute approximate surface area is 149 Å². The molecule has 3 heterocycles. The molecule has 2 aromatic heterocycles. The van der Waals surface area contributed by atoms with Gasteiger partial charge < -0.3 is 4.90 Å². The number of nitrogens with zero attached hydrogens (tertiary/aromatic N) is 3. The maximum Gasteiger partial charge on any atom is 0.169 e. The standard InChI is InChI=1S/C18H19N3OS2/c1-13(22)17-10-14(12-23-17)11-20-6-8-21(9-7-20)18-15-4-2-3-5-16(15)24-19-18/h2-5,10,12H,6-9,11H2,1H3. The van der Waals surface area contributed by atoms with Crippen LogP contribution in [0.2, 0.25) is 0 Å². The van der Waals surface area contributed by atoms with Crippen molar-refractivity contribution >= 4 is 44.6 Å². The second-order valence-corrected chi connectivity index (χ2v) is 7.86. The number of thiophene rings is 1. The largest absolute Gasteiger partial charge is 0.353 e. The van der Waals surface area contributed by atoms with Crippen LogP contribution in [0.15, 0.2) is 35.7 Å². The Balaban J connectivity index is 1.40. The van der Waals surface area contributed by atoms with Crippen LogP contribution in [-0.2, 0) is 6.54 Å². The summed E-state index contributed by atoms with van der Waals surface area (Å²) in [6.07, 6.45) is 0. The van der Waals surface area contributed by atoms with Gasteiger partial charge in [-0.2, -0.15) is 4.37 Å². The summed E-state index contributed by atoms with van der Waals surface area (Å²) in [6.45, 7) is 6.60. The summed E-state index contributed by atoms with van der Waals surface area (Å²) in [7, 11) is 0. The third-order valence-electron chi connectivity index (χ3n) is 4.44. The molecule has 0 N–H and O–H groups in total. The molecular weight excluding hydrogens is 338 g/mol. The van der Waals surface area contributed by atoms with E-state index in [1.165, 1.54) is 15.6 Å². The first kappa shape index (κ1) is 15.7. The van der Waals surface area contributed by atoms with Crippen LogP contribution < -0.4 is 4.90 Å². The van der Waals surface area contributed by atoms with Crippen molar-refractivity contribution in [3.63, 3.8) is 0 Å². The minimum atomic E-state index is 0.159. The lowest BCUT2D eigenvalue weighted by Gasteiger charge is -2.34. The fourth-order valence-electron chi connectivity index (χ4n) is 3.12. The molecule has 1 aliphatic heterocycles. The summed E-state index contributed by atoms with van der Waals surface area (Å²) >= 11 is 3.13. The van der Waals surface area contributed by atoms with Gasteiger partial charge in [0.2, 0.25) is 0 Å². The van der Waals surface area contributed by atoms with Crippen LogP contribution in [-0.4, -0.2) is 41.2 Å². The fraction of sp³-hybridized carbons (Fsp3) is 0.333. The number of hydrogen-bond acceptors (Lipinski definition) is 6. The summed E-state index contributed by atoms with van der Waals surface area (Å²) in [6, 6.07) is 10.5. The lowest BCUT2D eigenvalue weighted by Crippen LogP contribution is -2.46. The monoisotopic (exact) mass is 357 g/mol. The zero-order valence-electron chi connectivity index (χ0n) is 13.6. The van der Waals surface area contributed by atoms with Gasteiger partial charge >= 0.3 is 0 Å². The smallest absolute Gasteiger partial charge is 0.169 e. The minimum Gasteiger partial charge on any atom is -0.353 e. The van der Waals surface area contributed by atoms with E-state index in [1.54, 1.807) is 29.8 Å². The zero-order chi connectivity index (χ0) is 16.5. The van der Waals surface area contributed by atoms with Crippen molar-refractivity contribution in [2.24, 2.45) is 0 Å². The van der Waals surface area contributed by atoms with Crippen LogP contribution in [0.1, 0.15) is 22.2 Å². The molecule has 0 aliphatic carbocycles. The van der Waals surface area contributed by atoms with E-state index < -0.39 is 0 Å². The van der Waals surface area contributed by atoms with Gasteiger partial charge in [0.15, 0.2) is 5.78 Å². The average Bonchev–Trinajstić information content (AvgIpc) is 3.23. The highest BCUT2D eigenvalue weighted by Gasteiger charge is 2.21. The van der Waals surface area contributed by atoms with Gasteiger partial charge in [0.25, 0.3) is 0 Å². The molecule has 0 atom stereocenters. The van der Waals surface area contributed by atoms with E-state index in [0.717, 1.165) is 43.4 Å². The highest BCUT2D eigenvalue weighted by molar-refractivity contribution is 7.13. The molecule has 0 radical (unpaired) electrons. The number of fused-ring (bicyclic) bond motifs is 1. The van der Waals surface area contributed by atoms with E-state index in [2.05, 4.69) is 43.8 Å². The first-order chi connectivity index (χ1) is 11.7. The summed E-state index contributed by atoms with van der Waals surface area (Å²) in [5, 5.41) is 3.37. The van der Waals surface area contributed by atoms with Crippen molar-refractivity contribution in [3.8, 4) is 0 Å². The lowest BCUT2D eigenvalue weighted by atomic mass is 10.2. The third-order valence-corrected chi connectivity index (χ3v) is 6.33. The van der Waals surface area contributed by atoms with Crippen molar-refractivity contribution in [2.45, 2.75) is 13.5 Å². The molecule has 1 saturated heterocycles. The van der Waals surface area contributed by atoms with Crippen LogP contribution in [0.25, 0.3) is 10.1 Å². The molecule has 0 spiro atoms. The molecule has 0 bridgehead atoms. The molecule has 1 fully saturated rings.